The summed E-state index contributed by atoms with van der Waals surface area (Å²) in [4.78, 5) is 17.6. The summed E-state index contributed by atoms with van der Waals surface area (Å²) >= 11 is 0. The summed E-state index contributed by atoms with van der Waals surface area (Å²) in [6.45, 7) is 6.34. The molecule has 1 aromatic heterocycles. The lowest BCUT2D eigenvalue weighted by Gasteiger charge is -2.21. The highest BCUT2D eigenvalue weighted by molar-refractivity contribution is 7.89. The first-order chi connectivity index (χ1) is 13.8. The maximum atomic E-state index is 13.0. The molecule has 8 heteroatoms. The summed E-state index contributed by atoms with van der Waals surface area (Å²) < 4.78 is 29.9. The molecule has 0 radical (unpaired) electrons. The average molecular weight is 415 g/mol. The van der Waals surface area contributed by atoms with E-state index in [1.54, 1.807) is 32.0 Å². The number of carbonyl (C=O) groups excluding carboxylic acids is 1. The number of sulfonamides is 1. The van der Waals surface area contributed by atoms with E-state index in [-0.39, 0.29) is 10.8 Å². The number of carbonyl (C=O) groups is 1. The molecule has 0 aliphatic rings. The molecule has 29 heavy (non-hydrogen) atoms. The van der Waals surface area contributed by atoms with Crippen molar-refractivity contribution in [2.24, 2.45) is 5.92 Å². The zero-order chi connectivity index (χ0) is 21.0. The molecular formula is C21H26N4O3S. The van der Waals surface area contributed by atoms with Crippen LogP contribution in [0.5, 0.6) is 0 Å². The van der Waals surface area contributed by atoms with Crippen LogP contribution in [0, 0.1) is 5.92 Å². The van der Waals surface area contributed by atoms with Gasteiger partial charge in [0.25, 0.3) is 0 Å². The molecule has 0 saturated heterocycles. The van der Waals surface area contributed by atoms with Gasteiger partial charge in [-0.15, -0.1) is 0 Å². The molecule has 7 nitrogen and oxygen atoms in total. The number of imidazole rings is 1. The van der Waals surface area contributed by atoms with Crippen molar-refractivity contribution < 1.29 is 13.2 Å². The van der Waals surface area contributed by atoms with Gasteiger partial charge in [-0.05, 0) is 36.6 Å². The van der Waals surface area contributed by atoms with Gasteiger partial charge in [0.05, 0.1) is 15.9 Å². The van der Waals surface area contributed by atoms with Gasteiger partial charge >= 0.3 is 0 Å². The Morgan fingerprint density at radius 1 is 1.07 bits per heavy atom. The van der Waals surface area contributed by atoms with E-state index in [2.05, 4.69) is 15.0 Å². The van der Waals surface area contributed by atoms with Gasteiger partial charge in [0.1, 0.15) is 6.04 Å². The number of nitrogens with zero attached hydrogens (tertiary/aromatic N) is 2. The lowest BCUT2D eigenvalue weighted by molar-refractivity contribution is -0.118. The fourth-order valence-electron chi connectivity index (χ4n) is 3.14. The molecule has 0 aliphatic carbocycles. The van der Waals surface area contributed by atoms with Crippen LogP contribution in [-0.4, -0.2) is 29.9 Å². The number of hydrogen-bond donors (Lipinski definition) is 2. The van der Waals surface area contributed by atoms with Gasteiger partial charge in [0.2, 0.25) is 21.9 Å². The van der Waals surface area contributed by atoms with Gasteiger partial charge in [-0.25, -0.2) is 13.4 Å². The molecule has 3 aromatic rings. The minimum Gasteiger partial charge on any atom is -0.310 e. The van der Waals surface area contributed by atoms with Gasteiger partial charge < -0.3 is 4.57 Å². The second-order valence-electron chi connectivity index (χ2n) is 7.22. The maximum Gasteiger partial charge on any atom is 0.245 e. The molecule has 0 aliphatic heterocycles. The molecule has 0 fully saturated rings. The first kappa shape index (κ1) is 21.0. The summed E-state index contributed by atoms with van der Waals surface area (Å²) in [5.41, 5.74) is 1.71. The Bertz CT molecular complexity index is 1090. The second-order valence-corrected chi connectivity index (χ2v) is 8.94. The Labute approximate surface area is 171 Å². The molecule has 0 saturated carbocycles. The van der Waals surface area contributed by atoms with Crippen molar-refractivity contribution >= 4 is 32.9 Å². The van der Waals surface area contributed by atoms with Gasteiger partial charge in [0, 0.05) is 6.54 Å². The SMILES string of the molecule is CCCn1c(NC(=O)C(NS(=O)(=O)c2ccccc2)C(C)C)nc2ccccc21. The topological polar surface area (TPSA) is 93.1 Å². The highest BCUT2D eigenvalue weighted by Crippen LogP contribution is 2.21. The standard InChI is InChI=1S/C21H26N4O3S/c1-4-14-25-18-13-9-8-12-17(18)22-21(25)23-20(26)19(15(2)3)24-29(27,28)16-10-6-5-7-11-16/h5-13,15,19,24H,4,14H2,1-3H3,(H,22,23,26). The monoisotopic (exact) mass is 414 g/mol. The van der Waals surface area contributed by atoms with Crippen molar-refractivity contribution in [2.45, 2.75) is 44.7 Å². The van der Waals surface area contributed by atoms with Crippen molar-refractivity contribution in [1.29, 1.82) is 0 Å². The van der Waals surface area contributed by atoms with E-state index in [1.165, 1.54) is 12.1 Å². The summed E-state index contributed by atoms with van der Waals surface area (Å²) in [5, 5.41) is 2.83. The third kappa shape index (κ3) is 4.65. The molecule has 2 aromatic carbocycles. The van der Waals surface area contributed by atoms with Crippen LogP contribution in [0.2, 0.25) is 0 Å². The van der Waals surface area contributed by atoms with Crippen molar-refractivity contribution in [3.8, 4) is 0 Å². The fraction of sp³-hybridized carbons (Fsp3) is 0.333. The Hall–Kier alpha value is -2.71. The molecule has 1 heterocycles. The molecular weight excluding hydrogens is 388 g/mol. The molecule has 0 bridgehead atoms. The third-order valence-corrected chi connectivity index (χ3v) is 6.08. The van der Waals surface area contributed by atoms with Crippen LogP contribution in [0.25, 0.3) is 11.0 Å². The van der Waals surface area contributed by atoms with E-state index >= 15 is 0 Å². The third-order valence-electron chi connectivity index (χ3n) is 4.62. The van der Waals surface area contributed by atoms with Crippen molar-refractivity contribution in [2.75, 3.05) is 5.32 Å². The molecule has 1 atom stereocenters. The van der Waals surface area contributed by atoms with Crippen molar-refractivity contribution in [1.82, 2.24) is 14.3 Å². The Morgan fingerprint density at radius 2 is 1.72 bits per heavy atom. The zero-order valence-corrected chi connectivity index (χ0v) is 17.6. The highest BCUT2D eigenvalue weighted by Gasteiger charge is 2.29. The van der Waals surface area contributed by atoms with Crippen LogP contribution >= 0.6 is 0 Å². The van der Waals surface area contributed by atoms with Gasteiger partial charge in [-0.1, -0.05) is 51.1 Å². The Kier molecular flexibility index (Phi) is 6.34. The minimum atomic E-state index is -3.82. The predicted molar refractivity (Wildman–Crippen MR) is 114 cm³/mol. The average Bonchev–Trinajstić information content (AvgIpc) is 3.04. The number of nitrogens with one attached hydrogen (secondary N) is 2. The summed E-state index contributed by atoms with van der Waals surface area (Å²) in [7, 11) is -3.82. The number of anilines is 1. The summed E-state index contributed by atoms with van der Waals surface area (Å²) in [6.07, 6.45) is 0.872. The number of benzene rings is 2. The first-order valence-corrected chi connectivity index (χ1v) is 11.2. The molecule has 0 spiro atoms. The number of rotatable bonds is 8. The van der Waals surface area contributed by atoms with Crippen molar-refractivity contribution in [3.63, 3.8) is 0 Å². The first-order valence-electron chi connectivity index (χ1n) is 9.67. The number of hydrogen-bond acceptors (Lipinski definition) is 4. The van der Waals surface area contributed by atoms with E-state index < -0.39 is 22.0 Å². The summed E-state index contributed by atoms with van der Waals surface area (Å²) in [5.74, 6) is -0.271. The van der Waals surface area contributed by atoms with Crippen LogP contribution in [0.4, 0.5) is 5.95 Å². The van der Waals surface area contributed by atoms with E-state index in [1.807, 2.05) is 35.8 Å². The molecule has 1 unspecified atom stereocenters. The van der Waals surface area contributed by atoms with Gasteiger partial charge in [-0.3, -0.25) is 10.1 Å². The smallest absolute Gasteiger partial charge is 0.245 e. The molecule has 2 N–H and O–H groups in total. The van der Waals surface area contributed by atoms with Crippen LogP contribution in [0.1, 0.15) is 27.2 Å². The molecule has 3 rings (SSSR count). The van der Waals surface area contributed by atoms with Gasteiger partial charge in [-0.2, -0.15) is 4.72 Å². The fourth-order valence-corrected chi connectivity index (χ4v) is 4.50. The highest BCUT2D eigenvalue weighted by atomic mass is 32.2. The van der Waals surface area contributed by atoms with E-state index in [4.69, 9.17) is 0 Å². The number of aromatic nitrogens is 2. The lowest BCUT2D eigenvalue weighted by Crippen LogP contribution is -2.47. The minimum absolute atomic E-state index is 0.122. The Balaban J connectivity index is 1.87. The van der Waals surface area contributed by atoms with Crippen LogP contribution in [-0.2, 0) is 21.4 Å². The van der Waals surface area contributed by atoms with E-state index in [9.17, 15) is 13.2 Å². The maximum absolute atomic E-state index is 13.0. The lowest BCUT2D eigenvalue weighted by atomic mass is 10.1. The Morgan fingerprint density at radius 3 is 2.38 bits per heavy atom. The zero-order valence-electron chi connectivity index (χ0n) is 16.8. The quantitative estimate of drug-likeness (QED) is 0.591. The van der Waals surface area contributed by atoms with E-state index in [0.717, 1.165) is 17.5 Å². The number of aryl methyl sites for hydroxylation is 1. The van der Waals surface area contributed by atoms with Gasteiger partial charge in [0.15, 0.2) is 0 Å². The van der Waals surface area contributed by atoms with Crippen LogP contribution in [0.15, 0.2) is 59.5 Å². The largest absolute Gasteiger partial charge is 0.310 e. The number of amides is 1. The molecule has 154 valence electrons. The number of fused-ring (bicyclic) bond motifs is 1. The molecule has 1 amide bonds. The predicted octanol–water partition coefficient (Wildman–Crippen LogP) is 3.39. The van der Waals surface area contributed by atoms with Crippen molar-refractivity contribution in [3.05, 3.63) is 54.6 Å². The number of para-hydroxylation sites is 2. The van der Waals surface area contributed by atoms with Crippen LogP contribution in [0.3, 0.4) is 0 Å². The summed E-state index contributed by atoms with van der Waals surface area (Å²) in [6, 6.07) is 14.7. The van der Waals surface area contributed by atoms with E-state index in [0.29, 0.717) is 12.5 Å². The normalized spacial score (nSPS) is 13.0. The second kappa shape index (κ2) is 8.75. The van der Waals surface area contributed by atoms with Crippen LogP contribution < -0.4 is 10.0 Å².